The van der Waals surface area contributed by atoms with Gasteiger partial charge in [0.1, 0.15) is 11.6 Å². The lowest BCUT2D eigenvalue weighted by atomic mass is 10.0. The van der Waals surface area contributed by atoms with Gasteiger partial charge in [-0.2, -0.15) is 0 Å². The Bertz CT molecular complexity index is 1260. The normalized spacial score (nSPS) is 10.8. The van der Waals surface area contributed by atoms with E-state index in [1.165, 1.54) is 24.3 Å². The molecular weight excluding hydrogens is 369 g/mol. The molecule has 3 aromatic carbocycles. The predicted octanol–water partition coefficient (Wildman–Crippen LogP) is 4.43. The number of benzene rings is 3. The van der Waals surface area contributed by atoms with Crippen molar-refractivity contribution in [3.63, 3.8) is 0 Å². The average Bonchev–Trinajstić information content (AvgIpc) is 2.76. The summed E-state index contributed by atoms with van der Waals surface area (Å²) in [4.78, 5) is 26.0. The van der Waals surface area contributed by atoms with Crippen LogP contribution < -0.4 is 10.2 Å². The monoisotopic (exact) mass is 387 g/mol. The van der Waals surface area contributed by atoms with Crippen molar-refractivity contribution in [2.45, 2.75) is 6.54 Å². The highest BCUT2D eigenvalue weighted by Crippen LogP contribution is 2.19. The molecule has 0 saturated heterocycles. The van der Waals surface area contributed by atoms with Gasteiger partial charge in [0, 0.05) is 23.7 Å². The third kappa shape index (κ3) is 3.67. The van der Waals surface area contributed by atoms with Gasteiger partial charge in [-0.15, -0.1) is 0 Å². The Morgan fingerprint density at radius 3 is 2.52 bits per heavy atom. The maximum absolute atomic E-state index is 13.2. The topological polar surface area (TPSA) is 48.3 Å². The number of ether oxygens (including phenoxy) is 1. The first-order valence-electron chi connectivity index (χ1n) is 9.12. The average molecular weight is 387 g/mol. The highest BCUT2D eigenvalue weighted by molar-refractivity contribution is 6.10. The molecule has 1 heterocycles. The molecule has 5 heteroatoms. The van der Waals surface area contributed by atoms with Gasteiger partial charge in [0.2, 0.25) is 5.43 Å². The van der Waals surface area contributed by atoms with Crippen LogP contribution >= 0.6 is 0 Å². The number of hydrogen-bond acceptors (Lipinski definition) is 3. The minimum atomic E-state index is -0.435. The number of methoxy groups -OCH3 is 1. The molecule has 0 aliphatic carbocycles. The van der Waals surface area contributed by atoms with E-state index >= 15 is 0 Å². The van der Waals surface area contributed by atoms with E-state index in [1.807, 2.05) is 41.0 Å². The molecule has 0 N–H and O–H groups in total. The number of fused-ring (bicyclic) bond motifs is 1. The standard InChI is InChI=1S/C24H18FNO3/c1-29-19-6-4-5-16(13-19)14-26-15-21(23(27)17-9-11-18(25)12-10-17)24(28)20-7-2-3-8-22(20)26/h2-13,15H,14H2,1H3. The van der Waals surface area contributed by atoms with Gasteiger partial charge >= 0.3 is 0 Å². The molecule has 1 aromatic heterocycles. The van der Waals surface area contributed by atoms with Gasteiger partial charge in [-0.25, -0.2) is 4.39 Å². The number of para-hydroxylation sites is 1. The van der Waals surface area contributed by atoms with Gasteiger partial charge < -0.3 is 9.30 Å². The van der Waals surface area contributed by atoms with Crippen LogP contribution in [0, 0.1) is 5.82 Å². The van der Waals surface area contributed by atoms with Crippen LogP contribution in [0.5, 0.6) is 5.75 Å². The summed E-state index contributed by atoms with van der Waals surface area (Å²) in [5, 5.41) is 0.461. The zero-order chi connectivity index (χ0) is 20.4. The Morgan fingerprint density at radius 2 is 1.76 bits per heavy atom. The Hall–Kier alpha value is -3.73. The summed E-state index contributed by atoms with van der Waals surface area (Å²) in [7, 11) is 1.60. The van der Waals surface area contributed by atoms with Crippen LogP contribution in [0.3, 0.4) is 0 Å². The molecule has 144 valence electrons. The first kappa shape index (κ1) is 18.6. The number of pyridine rings is 1. The molecule has 0 amide bonds. The van der Waals surface area contributed by atoms with Crippen molar-refractivity contribution in [2.24, 2.45) is 0 Å². The van der Waals surface area contributed by atoms with E-state index < -0.39 is 11.6 Å². The number of halogens is 1. The molecule has 4 nitrogen and oxygen atoms in total. The maximum Gasteiger partial charge on any atom is 0.200 e. The lowest BCUT2D eigenvalue weighted by Gasteiger charge is -2.14. The molecule has 4 rings (SSSR count). The van der Waals surface area contributed by atoms with Gasteiger partial charge in [-0.3, -0.25) is 9.59 Å². The minimum absolute atomic E-state index is 0.0539. The Labute approximate surface area is 166 Å². The van der Waals surface area contributed by atoms with Crippen molar-refractivity contribution in [1.82, 2.24) is 4.57 Å². The van der Waals surface area contributed by atoms with Crippen LogP contribution in [0.2, 0.25) is 0 Å². The Balaban J connectivity index is 1.85. The number of carbonyl (C=O) groups is 1. The number of nitrogens with zero attached hydrogens (tertiary/aromatic N) is 1. The molecule has 0 bridgehead atoms. The number of hydrogen-bond donors (Lipinski definition) is 0. The van der Waals surface area contributed by atoms with E-state index in [4.69, 9.17) is 4.74 Å². The third-order valence-electron chi connectivity index (χ3n) is 4.83. The molecule has 0 saturated carbocycles. The van der Waals surface area contributed by atoms with E-state index in [9.17, 15) is 14.0 Å². The molecule has 0 atom stereocenters. The largest absolute Gasteiger partial charge is 0.497 e. The third-order valence-corrected chi connectivity index (χ3v) is 4.83. The van der Waals surface area contributed by atoms with Gasteiger partial charge in [-0.05, 0) is 54.1 Å². The van der Waals surface area contributed by atoms with Crippen molar-refractivity contribution in [3.8, 4) is 5.75 Å². The van der Waals surface area contributed by atoms with Crippen molar-refractivity contribution in [3.05, 3.63) is 112 Å². The SMILES string of the molecule is COc1cccc(Cn2cc(C(=O)c3ccc(F)cc3)c(=O)c3ccccc32)c1. The van der Waals surface area contributed by atoms with Crippen LogP contribution in [0.15, 0.2) is 83.8 Å². The molecular formula is C24H18FNO3. The van der Waals surface area contributed by atoms with E-state index in [2.05, 4.69) is 0 Å². The minimum Gasteiger partial charge on any atom is -0.497 e. The number of rotatable bonds is 5. The summed E-state index contributed by atoms with van der Waals surface area (Å²) in [5.41, 5.74) is 1.69. The van der Waals surface area contributed by atoms with E-state index in [0.29, 0.717) is 11.9 Å². The molecule has 0 aliphatic heterocycles. The van der Waals surface area contributed by atoms with Crippen molar-refractivity contribution >= 4 is 16.7 Å². The highest BCUT2D eigenvalue weighted by atomic mass is 19.1. The van der Waals surface area contributed by atoms with Gasteiger partial charge in [-0.1, -0.05) is 24.3 Å². The summed E-state index contributed by atoms with van der Waals surface area (Å²) < 4.78 is 20.4. The summed E-state index contributed by atoms with van der Waals surface area (Å²) in [6, 6.07) is 20.0. The van der Waals surface area contributed by atoms with Crippen LogP contribution in [0.25, 0.3) is 10.9 Å². The zero-order valence-electron chi connectivity index (χ0n) is 15.8. The van der Waals surface area contributed by atoms with E-state index in [-0.39, 0.29) is 16.6 Å². The van der Waals surface area contributed by atoms with Crippen molar-refractivity contribution in [2.75, 3.05) is 7.11 Å². The van der Waals surface area contributed by atoms with Crippen LogP contribution in [-0.2, 0) is 6.54 Å². The second-order valence-electron chi connectivity index (χ2n) is 6.70. The smallest absolute Gasteiger partial charge is 0.200 e. The molecule has 0 aliphatic rings. The molecule has 0 spiro atoms. The summed E-state index contributed by atoms with van der Waals surface area (Å²) in [6.45, 7) is 0.460. The molecule has 0 radical (unpaired) electrons. The Morgan fingerprint density at radius 1 is 1.00 bits per heavy atom. The number of aromatic nitrogens is 1. The number of ketones is 1. The molecule has 0 unspecified atom stereocenters. The first-order valence-corrected chi connectivity index (χ1v) is 9.12. The lowest BCUT2D eigenvalue weighted by molar-refractivity contribution is 0.103. The fraction of sp³-hybridized carbons (Fsp3) is 0.0833. The maximum atomic E-state index is 13.2. The van der Waals surface area contributed by atoms with E-state index in [1.54, 1.807) is 25.4 Å². The fourth-order valence-corrected chi connectivity index (χ4v) is 3.36. The highest BCUT2D eigenvalue weighted by Gasteiger charge is 2.17. The van der Waals surface area contributed by atoms with Gasteiger partial charge in [0.15, 0.2) is 5.78 Å². The fourth-order valence-electron chi connectivity index (χ4n) is 3.36. The molecule has 29 heavy (non-hydrogen) atoms. The summed E-state index contributed by atoms with van der Waals surface area (Å²) >= 11 is 0. The quantitative estimate of drug-likeness (QED) is 0.476. The van der Waals surface area contributed by atoms with Crippen LogP contribution in [-0.4, -0.2) is 17.5 Å². The molecule has 0 fully saturated rings. The van der Waals surface area contributed by atoms with Crippen LogP contribution in [0.1, 0.15) is 21.5 Å². The summed E-state index contributed by atoms with van der Waals surface area (Å²) in [6.07, 6.45) is 1.58. The number of carbonyl (C=O) groups excluding carboxylic acids is 1. The predicted molar refractivity (Wildman–Crippen MR) is 110 cm³/mol. The van der Waals surface area contributed by atoms with E-state index in [0.717, 1.165) is 16.8 Å². The lowest BCUT2D eigenvalue weighted by Crippen LogP contribution is -2.20. The summed E-state index contributed by atoms with van der Waals surface area (Å²) in [5.74, 6) is -0.133. The Kier molecular flexibility index (Phi) is 4.96. The van der Waals surface area contributed by atoms with Crippen molar-refractivity contribution < 1.29 is 13.9 Å². The first-order chi connectivity index (χ1) is 14.1. The van der Waals surface area contributed by atoms with Gasteiger partial charge in [0.25, 0.3) is 0 Å². The van der Waals surface area contributed by atoms with Gasteiger partial charge in [0.05, 0.1) is 18.2 Å². The van der Waals surface area contributed by atoms with Crippen LogP contribution in [0.4, 0.5) is 4.39 Å². The van der Waals surface area contributed by atoms with Crippen molar-refractivity contribution in [1.29, 1.82) is 0 Å². The molecule has 4 aromatic rings. The second kappa shape index (κ2) is 7.72. The second-order valence-corrected chi connectivity index (χ2v) is 6.70. The zero-order valence-corrected chi connectivity index (χ0v) is 15.8.